The number of nitrogens with one attached hydrogen (secondary N) is 1. The van der Waals surface area contributed by atoms with E-state index in [9.17, 15) is 8.78 Å². The molecule has 0 aliphatic carbocycles. The average molecular weight is 277 g/mol. The summed E-state index contributed by atoms with van der Waals surface area (Å²) in [6, 6.07) is 14.0. The number of halogens is 2. The molecule has 0 amide bonds. The molecule has 0 aliphatic rings. The van der Waals surface area contributed by atoms with Crippen molar-refractivity contribution >= 4 is 5.69 Å². The van der Waals surface area contributed by atoms with Crippen LogP contribution in [0.1, 0.15) is 24.5 Å². The first-order valence-electron chi connectivity index (χ1n) is 6.52. The molecule has 0 atom stereocenters. The second-order valence-electron chi connectivity index (χ2n) is 4.36. The van der Waals surface area contributed by atoms with E-state index in [1.165, 1.54) is 12.1 Å². The van der Waals surface area contributed by atoms with E-state index in [1.54, 1.807) is 6.07 Å². The van der Waals surface area contributed by atoms with Gasteiger partial charge in [-0.15, -0.1) is 0 Å². The molecule has 4 heteroatoms. The Morgan fingerprint density at radius 2 is 1.85 bits per heavy atom. The van der Waals surface area contributed by atoms with Crippen LogP contribution in [0.15, 0.2) is 48.5 Å². The summed E-state index contributed by atoms with van der Waals surface area (Å²) in [7, 11) is 0. The van der Waals surface area contributed by atoms with E-state index >= 15 is 0 Å². The predicted molar refractivity (Wildman–Crippen MR) is 76.3 cm³/mol. The lowest BCUT2D eigenvalue weighted by atomic mass is 10.1. The molecule has 2 nitrogen and oxygen atoms in total. The number of hydrogen-bond acceptors (Lipinski definition) is 2. The van der Waals surface area contributed by atoms with Crippen LogP contribution >= 0.6 is 0 Å². The molecule has 2 aromatic carbocycles. The number of alkyl halides is 2. The minimum Gasteiger partial charge on any atom is -0.494 e. The third kappa shape index (κ3) is 3.95. The van der Waals surface area contributed by atoms with Crippen LogP contribution in [0.25, 0.3) is 0 Å². The van der Waals surface area contributed by atoms with Gasteiger partial charge in [-0.2, -0.15) is 0 Å². The zero-order valence-corrected chi connectivity index (χ0v) is 11.3. The summed E-state index contributed by atoms with van der Waals surface area (Å²) < 4.78 is 30.5. The zero-order chi connectivity index (χ0) is 14.4. The fourth-order valence-electron chi connectivity index (χ4n) is 1.88. The molecule has 0 aliphatic heterocycles. The lowest BCUT2D eigenvalue weighted by Gasteiger charge is -2.09. The van der Waals surface area contributed by atoms with Gasteiger partial charge in [0.25, 0.3) is 6.43 Å². The van der Waals surface area contributed by atoms with E-state index in [1.807, 2.05) is 37.3 Å². The largest absolute Gasteiger partial charge is 0.494 e. The van der Waals surface area contributed by atoms with Crippen LogP contribution < -0.4 is 10.1 Å². The van der Waals surface area contributed by atoms with Crippen molar-refractivity contribution in [1.82, 2.24) is 0 Å². The maximum Gasteiger partial charge on any atom is 0.263 e. The van der Waals surface area contributed by atoms with Crippen LogP contribution in [0.5, 0.6) is 5.75 Å². The number of anilines is 1. The minimum absolute atomic E-state index is 0.0518. The standard InChI is InChI=1S/C16H17F2NO/c1-2-20-15-8-6-14(7-9-15)19-11-12-4-3-5-13(10-12)16(17)18/h3-10,16,19H,2,11H2,1H3. The highest BCUT2D eigenvalue weighted by Gasteiger charge is 2.06. The highest BCUT2D eigenvalue weighted by molar-refractivity contribution is 5.47. The predicted octanol–water partition coefficient (Wildman–Crippen LogP) is 4.64. The summed E-state index contributed by atoms with van der Waals surface area (Å²) >= 11 is 0. The summed E-state index contributed by atoms with van der Waals surface area (Å²) in [5.74, 6) is 0.817. The van der Waals surface area contributed by atoms with E-state index in [4.69, 9.17) is 4.74 Å². The van der Waals surface area contributed by atoms with Crippen LogP contribution in [0, 0.1) is 0 Å². The smallest absolute Gasteiger partial charge is 0.263 e. The maximum atomic E-state index is 12.6. The molecule has 0 saturated heterocycles. The monoisotopic (exact) mass is 277 g/mol. The molecule has 0 unspecified atom stereocenters. The van der Waals surface area contributed by atoms with Crippen LogP contribution in [0.2, 0.25) is 0 Å². The third-order valence-electron chi connectivity index (χ3n) is 2.86. The van der Waals surface area contributed by atoms with E-state index in [2.05, 4.69) is 5.32 Å². The second kappa shape index (κ2) is 6.89. The van der Waals surface area contributed by atoms with Gasteiger partial charge in [0.05, 0.1) is 6.61 Å². The Morgan fingerprint density at radius 1 is 1.10 bits per heavy atom. The van der Waals surface area contributed by atoms with Gasteiger partial charge in [0.15, 0.2) is 0 Å². The molecule has 2 aromatic rings. The Kier molecular flexibility index (Phi) is 4.93. The summed E-state index contributed by atoms with van der Waals surface area (Å²) in [4.78, 5) is 0. The summed E-state index contributed by atoms with van der Waals surface area (Å²) in [6.07, 6.45) is -2.43. The Hall–Kier alpha value is -2.10. The summed E-state index contributed by atoms with van der Waals surface area (Å²) in [5.41, 5.74) is 1.81. The van der Waals surface area contributed by atoms with Crippen molar-refractivity contribution < 1.29 is 13.5 Å². The first-order valence-corrected chi connectivity index (χ1v) is 6.52. The highest BCUT2D eigenvalue weighted by Crippen LogP contribution is 2.20. The molecule has 0 heterocycles. The molecule has 2 rings (SSSR count). The lowest BCUT2D eigenvalue weighted by molar-refractivity contribution is 0.151. The lowest BCUT2D eigenvalue weighted by Crippen LogP contribution is -2.00. The second-order valence-corrected chi connectivity index (χ2v) is 4.36. The van der Waals surface area contributed by atoms with Gasteiger partial charge in [-0.1, -0.05) is 18.2 Å². The van der Waals surface area contributed by atoms with Crippen molar-refractivity contribution in [2.24, 2.45) is 0 Å². The van der Waals surface area contributed by atoms with Gasteiger partial charge < -0.3 is 10.1 Å². The van der Waals surface area contributed by atoms with Crippen molar-refractivity contribution in [2.75, 3.05) is 11.9 Å². The molecule has 1 N–H and O–H groups in total. The van der Waals surface area contributed by atoms with E-state index < -0.39 is 6.43 Å². The Bertz CT molecular complexity index is 540. The first kappa shape index (κ1) is 14.3. The Morgan fingerprint density at radius 3 is 2.50 bits per heavy atom. The molecule has 106 valence electrons. The van der Waals surface area contributed by atoms with Crippen LogP contribution in [0.4, 0.5) is 14.5 Å². The third-order valence-corrected chi connectivity index (χ3v) is 2.86. The zero-order valence-electron chi connectivity index (χ0n) is 11.3. The van der Waals surface area contributed by atoms with Gasteiger partial charge in [0.1, 0.15) is 5.75 Å². The fourth-order valence-corrected chi connectivity index (χ4v) is 1.88. The highest BCUT2D eigenvalue weighted by atomic mass is 19.3. The van der Waals surface area contributed by atoms with Crippen molar-refractivity contribution in [3.63, 3.8) is 0 Å². The van der Waals surface area contributed by atoms with Gasteiger partial charge in [-0.3, -0.25) is 0 Å². The molecular weight excluding hydrogens is 260 g/mol. The average Bonchev–Trinajstić information content (AvgIpc) is 2.47. The van der Waals surface area contributed by atoms with E-state index in [0.29, 0.717) is 13.2 Å². The molecule has 0 bridgehead atoms. The summed E-state index contributed by atoms with van der Waals surface area (Å²) in [6.45, 7) is 3.07. The van der Waals surface area contributed by atoms with E-state index in [-0.39, 0.29) is 5.56 Å². The van der Waals surface area contributed by atoms with Crippen LogP contribution in [0.3, 0.4) is 0 Å². The minimum atomic E-state index is -2.43. The molecule has 0 aromatic heterocycles. The maximum absolute atomic E-state index is 12.6. The quantitative estimate of drug-likeness (QED) is 0.830. The summed E-state index contributed by atoms with van der Waals surface area (Å²) in [5, 5.41) is 3.20. The van der Waals surface area contributed by atoms with Crippen LogP contribution in [-0.4, -0.2) is 6.61 Å². The Labute approximate surface area is 117 Å². The van der Waals surface area contributed by atoms with Crippen molar-refractivity contribution in [2.45, 2.75) is 19.9 Å². The van der Waals surface area contributed by atoms with Crippen molar-refractivity contribution in [3.8, 4) is 5.75 Å². The van der Waals surface area contributed by atoms with Gasteiger partial charge in [-0.25, -0.2) is 8.78 Å². The first-order chi connectivity index (χ1) is 9.69. The number of benzene rings is 2. The molecular formula is C16H17F2NO. The topological polar surface area (TPSA) is 21.3 Å². The van der Waals surface area contributed by atoms with Crippen molar-refractivity contribution in [1.29, 1.82) is 0 Å². The van der Waals surface area contributed by atoms with Gasteiger partial charge in [0, 0.05) is 17.8 Å². The Balaban J connectivity index is 1.96. The normalized spacial score (nSPS) is 10.6. The van der Waals surface area contributed by atoms with Crippen molar-refractivity contribution in [3.05, 3.63) is 59.7 Å². The van der Waals surface area contributed by atoms with Gasteiger partial charge >= 0.3 is 0 Å². The van der Waals surface area contributed by atoms with Gasteiger partial charge in [0.2, 0.25) is 0 Å². The number of ether oxygens (including phenoxy) is 1. The molecule has 0 saturated carbocycles. The molecule has 0 fully saturated rings. The molecule has 20 heavy (non-hydrogen) atoms. The molecule has 0 spiro atoms. The fraction of sp³-hybridized carbons (Fsp3) is 0.250. The van der Waals surface area contributed by atoms with Crippen LogP contribution in [-0.2, 0) is 6.54 Å². The van der Waals surface area contributed by atoms with E-state index in [0.717, 1.165) is 17.0 Å². The molecule has 0 radical (unpaired) electrons. The number of hydrogen-bond donors (Lipinski definition) is 1. The number of rotatable bonds is 6. The SMILES string of the molecule is CCOc1ccc(NCc2cccc(C(F)F)c2)cc1. The van der Waals surface area contributed by atoms with Gasteiger partial charge in [-0.05, 0) is 42.8 Å².